The molecule has 1 N–H and O–H groups in total. The third-order valence-corrected chi connectivity index (χ3v) is 3.70. The molecule has 0 aliphatic carbocycles. The molecule has 5 heteroatoms. The van der Waals surface area contributed by atoms with Gasteiger partial charge in [-0.05, 0) is 45.2 Å². The molecule has 0 radical (unpaired) electrons. The number of hydrogen-bond donors (Lipinski definition) is 1. The van der Waals surface area contributed by atoms with Crippen molar-refractivity contribution in [1.29, 1.82) is 0 Å². The Morgan fingerprint density at radius 2 is 2.07 bits per heavy atom. The van der Waals surface area contributed by atoms with Crippen LogP contribution in [0.15, 0.2) is 35.2 Å². The highest BCUT2D eigenvalue weighted by Gasteiger charge is 2.01. The molecule has 0 unspecified atom stereocenters. The molecule has 0 spiro atoms. The van der Waals surface area contributed by atoms with Crippen LogP contribution in [0, 0.1) is 0 Å². The number of nitrogens with zero attached hydrogens (tertiary/aromatic N) is 2. The van der Waals surface area contributed by atoms with Gasteiger partial charge in [0, 0.05) is 25.5 Å². The van der Waals surface area contributed by atoms with Gasteiger partial charge in [0.25, 0.3) is 0 Å². The third kappa shape index (κ3) is 3.09. The lowest BCUT2D eigenvalue weighted by Gasteiger charge is -2.02. The molecule has 15 heavy (non-hydrogen) atoms. The number of rotatable bonds is 4. The summed E-state index contributed by atoms with van der Waals surface area (Å²) in [5.41, 5.74) is 1.24. The Kier molecular flexibility index (Phi) is 3.82. The van der Waals surface area contributed by atoms with Gasteiger partial charge in [-0.1, -0.05) is 0 Å². The van der Waals surface area contributed by atoms with Crippen molar-refractivity contribution in [2.24, 2.45) is 0 Å². The highest BCUT2D eigenvalue weighted by atomic mass is 79.9. The van der Waals surface area contributed by atoms with E-state index >= 15 is 0 Å². The lowest BCUT2D eigenvalue weighted by atomic mass is 10.3. The van der Waals surface area contributed by atoms with Crippen LogP contribution >= 0.6 is 27.5 Å². The first-order valence-corrected chi connectivity index (χ1v) is 6.11. The van der Waals surface area contributed by atoms with Crippen LogP contribution in [0.2, 0.25) is 0 Å². The van der Waals surface area contributed by atoms with Crippen LogP contribution in [0.25, 0.3) is 0 Å². The van der Waals surface area contributed by atoms with Gasteiger partial charge in [-0.25, -0.2) is 0 Å². The normalized spacial score (nSPS) is 10.5. The van der Waals surface area contributed by atoms with Crippen molar-refractivity contribution in [3.8, 4) is 0 Å². The largest absolute Gasteiger partial charge is 0.308 e. The summed E-state index contributed by atoms with van der Waals surface area (Å²) >= 11 is 4.96. The van der Waals surface area contributed by atoms with E-state index in [9.17, 15) is 0 Å². The minimum absolute atomic E-state index is 0.841. The number of nitrogens with one attached hydrogen (secondary N) is 1. The van der Waals surface area contributed by atoms with Crippen molar-refractivity contribution in [2.75, 3.05) is 0 Å². The zero-order valence-electron chi connectivity index (χ0n) is 7.98. The third-order valence-electron chi connectivity index (χ3n) is 1.96. The molecule has 2 aromatic heterocycles. The molecule has 2 aromatic rings. The summed E-state index contributed by atoms with van der Waals surface area (Å²) in [5, 5.41) is 3.36. The highest BCUT2D eigenvalue weighted by molar-refractivity contribution is 9.10. The van der Waals surface area contributed by atoms with E-state index in [-0.39, 0.29) is 0 Å². The summed E-state index contributed by atoms with van der Waals surface area (Å²) in [7, 11) is 0. The van der Waals surface area contributed by atoms with Gasteiger partial charge in [0.05, 0.1) is 15.5 Å². The van der Waals surface area contributed by atoms with Gasteiger partial charge in [0.15, 0.2) is 0 Å². The molecule has 0 aliphatic rings. The summed E-state index contributed by atoms with van der Waals surface area (Å²) in [6.07, 6.45) is 5.44. The highest BCUT2D eigenvalue weighted by Crippen LogP contribution is 2.19. The fourth-order valence-corrected chi connectivity index (χ4v) is 2.38. The predicted octanol–water partition coefficient (Wildman–Crippen LogP) is 2.59. The molecule has 0 fully saturated rings. The van der Waals surface area contributed by atoms with E-state index in [1.54, 1.807) is 12.4 Å². The number of hydrogen-bond acceptors (Lipinski definition) is 4. The molecule has 0 atom stereocenters. The van der Waals surface area contributed by atoms with Crippen molar-refractivity contribution in [3.63, 3.8) is 0 Å². The lowest BCUT2D eigenvalue weighted by molar-refractivity contribution is 0.699. The maximum Gasteiger partial charge on any atom is 0.0552 e. The summed E-state index contributed by atoms with van der Waals surface area (Å²) in [4.78, 5) is 5.20. The van der Waals surface area contributed by atoms with Crippen LogP contribution in [0.4, 0.5) is 0 Å². The maximum atomic E-state index is 4.09. The smallest absolute Gasteiger partial charge is 0.0552 e. The number of pyridine rings is 1. The quantitative estimate of drug-likeness (QED) is 0.937. The zero-order valence-corrected chi connectivity index (χ0v) is 10.4. The Balaban J connectivity index is 1.83. The fourth-order valence-electron chi connectivity index (χ4n) is 1.19. The molecule has 2 heterocycles. The first-order chi connectivity index (χ1) is 7.36. The molecule has 0 amide bonds. The molecular weight excluding hydrogens is 274 g/mol. The molecule has 78 valence electrons. The van der Waals surface area contributed by atoms with Gasteiger partial charge in [0.1, 0.15) is 0 Å². The molecule has 0 saturated carbocycles. The predicted molar refractivity (Wildman–Crippen MR) is 64.6 cm³/mol. The van der Waals surface area contributed by atoms with Crippen LogP contribution in [0.5, 0.6) is 0 Å². The molecule has 3 nitrogen and oxygen atoms in total. The van der Waals surface area contributed by atoms with Crippen LogP contribution in [-0.4, -0.2) is 9.36 Å². The van der Waals surface area contributed by atoms with E-state index in [0.717, 1.165) is 17.6 Å². The second-order valence-electron chi connectivity index (χ2n) is 3.06. The van der Waals surface area contributed by atoms with Gasteiger partial charge in [-0.3, -0.25) is 4.98 Å². The second kappa shape index (κ2) is 5.34. The minimum atomic E-state index is 0.841. The van der Waals surface area contributed by atoms with E-state index in [4.69, 9.17) is 0 Å². The van der Waals surface area contributed by atoms with E-state index in [1.807, 2.05) is 18.3 Å². The fraction of sp³-hybridized carbons (Fsp3) is 0.200. The minimum Gasteiger partial charge on any atom is -0.308 e. The van der Waals surface area contributed by atoms with Crippen LogP contribution in [0.1, 0.15) is 10.4 Å². The second-order valence-corrected chi connectivity index (χ2v) is 4.80. The molecule has 0 bridgehead atoms. The van der Waals surface area contributed by atoms with Crippen molar-refractivity contribution >= 4 is 27.5 Å². The molecule has 0 aliphatic heterocycles. The molecule has 2 rings (SSSR count). The number of aromatic nitrogens is 2. The van der Waals surface area contributed by atoms with Crippen LogP contribution < -0.4 is 5.32 Å². The Labute approximate surface area is 101 Å². The Morgan fingerprint density at radius 1 is 1.27 bits per heavy atom. The monoisotopic (exact) mass is 283 g/mol. The first-order valence-electron chi connectivity index (χ1n) is 4.55. The van der Waals surface area contributed by atoms with Gasteiger partial charge in [-0.2, -0.15) is 4.37 Å². The Bertz CT molecular complexity index is 416. The van der Waals surface area contributed by atoms with Crippen molar-refractivity contribution in [2.45, 2.75) is 13.1 Å². The van der Waals surface area contributed by atoms with Crippen molar-refractivity contribution in [3.05, 3.63) is 45.6 Å². The first kappa shape index (κ1) is 10.7. The lowest BCUT2D eigenvalue weighted by Crippen LogP contribution is -2.11. The summed E-state index contributed by atoms with van der Waals surface area (Å²) in [6, 6.07) is 4.02. The molecule has 0 saturated heterocycles. The van der Waals surface area contributed by atoms with Gasteiger partial charge >= 0.3 is 0 Å². The SMILES string of the molecule is Brc1cnsc1CNCc1ccncc1. The number of halogens is 1. The van der Waals surface area contributed by atoms with Gasteiger partial charge in [0.2, 0.25) is 0 Å². The van der Waals surface area contributed by atoms with E-state index in [0.29, 0.717) is 0 Å². The van der Waals surface area contributed by atoms with Crippen LogP contribution in [-0.2, 0) is 13.1 Å². The summed E-state index contributed by atoms with van der Waals surface area (Å²) in [6.45, 7) is 1.69. The topological polar surface area (TPSA) is 37.8 Å². The average Bonchev–Trinajstić information content (AvgIpc) is 2.66. The van der Waals surface area contributed by atoms with E-state index in [2.05, 4.69) is 30.6 Å². The average molecular weight is 284 g/mol. The van der Waals surface area contributed by atoms with Crippen LogP contribution in [0.3, 0.4) is 0 Å². The van der Waals surface area contributed by atoms with Gasteiger partial charge in [-0.15, -0.1) is 0 Å². The summed E-state index contributed by atoms with van der Waals surface area (Å²) < 4.78 is 5.17. The maximum absolute atomic E-state index is 4.09. The van der Waals surface area contributed by atoms with Gasteiger partial charge < -0.3 is 5.32 Å². The van der Waals surface area contributed by atoms with Crippen molar-refractivity contribution in [1.82, 2.24) is 14.7 Å². The Morgan fingerprint density at radius 3 is 2.73 bits per heavy atom. The molecule has 0 aromatic carbocycles. The molecular formula is C10H10BrN3S. The standard InChI is InChI=1S/C10H10BrN3S/c11-9-6-14-15-10(9)7-13-5-8-1-3-12-4-2-8/h1-4,6,13H,5,7H2. The summed E-state index contributed by atoms with van der Waals surface area (Å²) in [5.74, 6) is 0. The van der Waals surface area contributed by atoms with E-state index < -0.39 is 0 Å². The zero-order chi connectivity index (χ0) is 10.5. The van der Waals surface area contributed by atoms with E-state index in [1.165, 1.54) is 22.0 Å². The Hall–Kier alpha value is -0.780. The van der Waals surface area contributed by atoms with Crippen molar-refractivity contribution < 1.29 is 0 Å².